The lowest BCUT2D eigenvalue weighted by Gasteiger charge is -2.38. The minimum Gasteiger partial charge on any atom is -0.505 e. The van der Waals surface area contributed by atoms with Crippen LogP contribution < -0.4 is 5.32 Å². The maximum atomic E-state index is 13.1. The number of hydrogen-bond donors (Lipinski definition) is 2. The number of carbonyl (C=O) groups is 2. The number of piperidine rings is 2. The van der Waals surface area contributed by atoms with Crippen molar-refractivity contribution in [3.05, 3.63) is 27.7 Å². The first-order chi connectivity index (χ1) is 13.8. The Morgan fingerprint density at radius 2 is 1.69 bits per heavy atom. The van der Waals surface area contributed by atoms with Gasteiger partial charge in [-0.3, -0.25) is 9.59 Å². The van der Waals surface area contributed by atoms with Gasteiger partial charge in [0.25, 0.3) is 5.91 Å². The second-order valence-electron chi connectivity index (χ2n) is 7.96. The second-order valence-corrected chi connectivity index (χ2v) is 8.77. The molecule has 0 aliphatic carbocycles. The van der Waals surface area contributed by atoms with Crippen LogP contribution in [0.3, 0.4) is 0 Å². The SMILES string of the molecule is CC(=O)O[C@H](Cc1cc(Cl)c(O)c(Cl)c1)C(=O)N1CCC(C2CCNCC2)CC1. The third kappa shape index (κ3) is 5.77. The van der Waals surface area contributed by atoms with Crippen LogP contribution in [0.25, 0.3) is 0 Å². The molecule has 0 saturated carbocycles. The van der Waals surface area contributed by atoms with E-state index in [1.54, 1.807) is 4.90 Å². The number of benzene rings is 1. The van der Waals surface area contributed by atoms with Crippen LogP contribution in [0.4, 0.5) is 0 Å². The summed E-state index contributed by atoms with van der Waals surface area (Å²) in [6.07, 6.45) is 3.61. The second kappa shape index (κ2) is 10.0. The standard InChI is InChI=1S/C21H28Cl2N2O4/c1-13(26)29-19(12-14-10-17(22)20(27)18(23)11-14)21(28)25-8-4-16(5-9-25)15-2-6-24-7-3-15/h10-11,15-16,19,24,27H,2-9,12H2,1H3/t19-/m1/s1. The molecule has 6 nitrogen and oxygen atoms in total. The number of phenols is 1. The van der Waals surface area contributed by atoms with Gasteiger partial charge < -0.3 is 20.1 Å². The zero-order valence-corrected chi connectivity index (χ0v) is 18.1. The Hall–Kier alpha value is -1.50. The Morgan fingerprint density at radius 3 is 2.24 bits per heavy atom. The molecular formula is C21H28Cl2N2O4. The summed E-state index contributed by atoms with van der Waals surface area (Å²) in [6, 6.07) is 3.08. The first-order valence-corrected chi connectivity index (χ1v) is 10.9. The van der Waals surface area contributed by atoms with Gasteiger partial charge >= 0.3 is 5.97 Å². The van der Waals surface area contributed by atoms with E-state index in [1.807, 2.05) is 0 Å². The third-order valence-electron chi connectivity index (χ3n) is 5.98. The van der Waals surface area contributed by atoms with Gasteiger partial charge in [-0.1, -0.05) is 23.2 Å². The number of ether oxygens (including phenoxy) is 1. The summed E-state index contributed by atoms with van der Waals surface area (Å²) in [7, 11) is 0. The van der Waals surface area contributed by atoms with E-state index in [1.165, 1.54) is 31.9 Å². The maximum Gasteiger partial charge on any atom is 0.303 e. The predicted molar refractivity (Wildman–Crippen MR) is 112 cm³/mol. The van der Waals surface area contributed by atoms with Crippen LogP contribution in [-0.4, -0.2) is 54.2 Å². The van der Waals surface area contributed by atoms with Gasteiger partial charge in [-0.15, -0.1) is 0 Å². The number of hydrogen-bond acceptors (Lipinski definition) is 5. The molecule has 8 heteroatoms. The van der Waals surface area contributed by atoms with E-state index >= 15 is 0 Å². The van der Waals surface area contributed by atoms with Crippen molar-refractivity contribution in [2.75, 3.05) is 26.2 Å². The van der Waals surface area contributed by atoms with Crippen LogP contribution >= 0.6 is 23.2 Å². The Balaban J connectivity index is 1.64. The number of halogens is 2. The van der Waals surface area contributed by atoms with Crippen LogP contribution in [0.15, 0.2) is 12.1 Å². The molecule has 2 fully saturated rings. The highest BCUT2D eigenvalue weighted by atomic mass is 35.5. The highest BCUT2D eigenvalue weighted by Gasteiger charge is 2.33. The Labute approximate surface area is 181 Å². The van der Waals surface area contributed by atoms with E-state index in [2.05, 4.69) is 5.32 Å². The van der Waals surface area contributed by atoms with Gasteiger partial charge in [0.05, 0.1) is 10.0 Å². The van der Waals surface area contributed by atoms with Gasteiger partial charge in [0.15, 0.2) is 11.9 Å². The molecule has 2 aliphatic rings. The van der Waals surface area contributed by atoms with Crippen LogP contribution in [0.2, 0.25) is 10.0 Å². The summed E-state index contributed by atoms with van der Waals surface area (Å²) in [4.78, 5) is 26.5. The number of likely N-dealkylation sites (tertiary alicyclic amines) is 1. The molecule has 29 heavy (non-hydrogen) atoms. The molecule has 1 amide bonds. The molecule has 0 unspecified atom stereocenters. The van der Waals surface area contributed by atoms with Gasteiger partial charge in [0.2, 0.25) is 0 Å². The molecule has 1 atom stereocenters. The van der Waals surface area contributed by atoms with E-state index in [0.29, 0.717) is 24.6 Å². The zero-order chi connectivity index (χ0) is 21.0. The normalized spacial score (nSPS) is 19.8. The molecule has 0 aromatic heterocycles. The number of amides is 1. The van der Waals surface area contributed by atoms with Crippen molar-refractivity contribution in [1.29, 1.82) is 0 Å². The van der Waals surface area contributed by atoms with E-state index in [4.69, 9.17) is 27.9 Å². The van der Waals surface area contributed by atoms with Crippen LogP contribution in [0.1, 0.15) is 38.2 Å². The average molecular weight is 443 g/mol. The molecule has 2 N–H and O–H groups in total. The van der Waals surface area contributed by atoms with Crippen LogP contribution in [0.5, 0.6) is 5.75 Å². The first kappa shape index (κ1) is 22.2. The predicted octanol–water partition coefficient (Wildman–Crippen LogP) is 3.41. The number of carbonyl (C=O) groups excluding carboxylic acids is 2. The molecule has 0 spiro atoms. The van der Waals surface area contributed by atoms with Crippen LogP contribution in [0, 0.1) is 11.8 Å². The molecule has 1 aromatic carbocycles. The van der Waals surface area contributed by atoms with Gasteiger partial charge in [-0.25, -0.2) is 0 Å². The first-order valence-electron chi connectivity index (χ1n) is 10.2. The summed E-state index contributed by atoms with van der Waals surface area (Å²) in [6.45, 7) is 4.82. The van der Waals surface area contributed by atoms with Crippen molar-refractivity contribution in [3.63, 3.8) is 0 Å². The van der Waals surface area contributed by atoms with Gasteiger partial charge in [0.1, 0.15) is 0 Å². The lowest BCUT2D eigenvalue weighted by Crippen LogP contribution is -2.47. The van der Waals surface area contributed by atoms with Gasteiger partial charge in [-0.2, -0.15) is 0 Å². The molecule has 160 valence electrons. The van der Waals surface area contributed by atoms with Crippen molar-refractivity contribution in [3.8, 4) is 5.75 Å². The molecular weight excluding hydrogens is 415 g/mol. The Morgan fingerprint density at radius 1 is 1.14 bits per heavy atom. The molecule has 1 aromatic rings. The molecule has 3 rings (SSSR count). The van der Waals surface area contributed by atoms with Crippen molar-refractivity contribution in [2.45, 2.75) is 45.1 Å². The van der Waals surface area contributed by atoms with E-state index in [0.717, 1.165) is 31.8 Å². The highest BCUT2D eigenvalue weighted by molar-refractivity contribution is 6.37. The monoisotopic (exact) mass is 442 g/mol. The number of phenolic OH excluding ortho intramolecular Hbond substituents is 1. The van der Waals surface area contributed by atoms with Crippen LogP contribution in [-0.2, 0) is 20.7 Å². The van der Waals surface area contributed by atoms with E-state index < -0.39 is 12.1 Å². The fourth-order valence-electron chi connectivity index (χ4n) is 4.44. The van der Waals surface area contributed by atoms with Gasteiger partial charge in [-0.05, 0) is 68.3 Å². The molecule has 0 radical (unpaired) electrons. The molecule has 2 saturated heterocycles. The fourth-order valence-corrected chi connectivity index (χ4v) is 4.97. The molecule has 2 aliphatic heterocycles. The van der Waals surface area contributed by atoms with Gasteiger partial charge in [0, 0.05) is 26.4 Å². The lowest BCUT2D eigenvalue weighted by atomic mass is 9.79. The summed E-state index contributed by atoms with van der Waals surface area (Å²) in [5.74, 6) is 0.489. The summed E-state index contributed by atoms with van der Waals surface area (Å²) in [5, 5.41) is 13.3. The topological polar surface area (TPSA) is 78.9 Å². The highest BCUT2D eigenvalue weighted by Crippen LogP contribution is 2.34. The minimum atomic E-state index is -0.931. The van der Waals surface area contributed by atoms with E-state index in [-0.39, 0.29) is 28.1 Å². The summed E-state index contributed by atoms with van der Waals surface area (Å²) in [5.41, 5.74) is 0.627. The van der Waals surface area contributed by atoms with Crippen molar-refractivity contribution in [1.82, 2.24) is 10.2 Å². The number of esters is 1. The van der Waals surface area contributed by atoms with Crippen molar-refractivity contribution in [2.24, 2.45) is 11.8 Å². The van der Waals surface area contributed by atoms with Crippen molar-refractivity contribution < 1.29 is 19.4 Å². The summed E-state index contributed by atoms with van der Waals surface area (Å²) < 4.78 is 5.34. The average Bonchev–Trinajstić information content (AvgIpc) is 2.71. The zero-order valence-electron chi connectivity index (χ0n) is 16.6. The third-order valence-corrected chi connectivity index (χ3v) is 6.56. The number of nitrogens with zero attached hydrogens (tertiary/aromatic N) is 1. The molecule has 0 bridgehead atoms. The van der Waals surface area contributed by atoms with E-state index in [9.17, 15) is 14.7 Å². The molecule has 2 heterocycles. The fraction of sp³-hybridized carbons (Fsp3) is 0.619. The summed E-state index contributed by atoms with van der Waals surface area (Å²) >= 11 is 12.0. The lowest BCUT2D eigenvalue weighted by molar-refractivity contribution is -0.159. The number of rotatable bonds is 5. The smallest absolute Gasteiger partial charge is 0.303 e. The number of nitrogens with one attached hydrogen (secondary N) is 1. The number of aromatic hydroxyl groups is 1. The maximum absolute atomic E-state index is 13.1. The quantitative estimate of drug-likeness (QED) is 0.682. The Bertz CT molecular complexity index is 721. The van der Waals surface area contributed by atoms with Crippen molar-refractivity contribution >= 4 is 35.1 Å². The Kier molecular flexibility index (Phi) is 7.66. The minimum absolute atomic E-state index is 0.101. The largest absolute Gasteiger partial charge is 0.505 e.